The van der Waals surface area contributed by atoms with Crippen LogP contribution in [0, 0.1) is 5.82 Å². The number of rotatable bonds is 2. The average Bonchev–Trinajstić information content (AvgIpc) is 3.04. The highest BCUT2D eigenvalue weighted by Gasteiger charge is 2.24. The number of nitrogens with one attached hydrogen (secondary N) is 1. The van der Waals surface area contributed by atoms with Crippen LogP contribution in [-0.2, 0) is 0 Å². The summed E-state index contributed by atoms with van der Waals surface area (Å²) in [5.41, 5.74) is 2.29. The smallest absolute Gasteiger partial charge is 0.226 e. The molecule has 3 aromatic rings. The molecule has 0 fully saturated rings. The number of hydrogen-bond acceptors (Lipinski definition) is 4. The highest BCUT2D eigenvalue weighted by atomic mass is 19.1. The molecule has 2 heterocycles. The van der Waals surface area contributed by atoms with Crippen LogP contribution in [0.4, 0.5) is 10.3 Å². The third-order valence-corrected chi connectivity index (χ3v) is 3.81. The second-order valence-corrected chi connectivity index (χ2v) is 5.25. The molecule has 2 N–H and O–H groups in total. The van der Waals surface area contributed by atoms with Crippen LogP contribution in [0.25, 0.3) is 5.70 Å². The number of hydrogen-bond donors (Lipinski definition) is 2. The number of allylic oxidation sites excluding steroid dienone is 1. The van der Waals surface area contributed by atoms with Gasteiger partial charge in [0.05, 0.1) is 5.70 Å². The molecule has 1 atom stereocenters. The summed E-state index contributed by atoms with van der Waals surface area (Å²) in [6.45, 7) is 0. The van der Waals surface area contributed by atoms with Gasteiger partial charge in [0.15, 0.2) is 0 Å². The van der Waals surface area contributed by atoms with Crippen LogP contribution in [0.3, 0.4) is 0 Å². The van der Waals surface area contributed by atoms with Crippen molar-refractivity contribution < 1.29 is 9.50 Å². The fourth-order valence-corrected chi connectivity index (χ4v) is 2.69. The second kappa shape index (κ2) is 5.24. The van der Waals surface area contributed by atoms with Crippen LogP contribution in [0.5, 0.6) is 5.75 Å². The minimum absolute atomic E-state index is 0.178. The van der Waals surface area contributed by atoms with E-state index in [1.54, 1.807) is 28.9 Å². The number of aromatic nitrogens is 3. The van der Waals surface area contributed by atoms with Crippen LogP contribution in [-0.4, -0.2) is 19.9 Å². The number of phenols is 1. The summed E-state index contributed by atoms with van der Waals surface area (Å²) in [6, 6.07) is 13.1. The Balaban J connectivity index is 1.83. The van der Waals surface area contributed by atoms with Crippen LogP contribution >= 0.6 is 0 Å². The Labute approximate surface area is 131 Å². The van der Waals surface area contributed by atoms with Gasteiger partial charge in [0.1, 0.15) is 23.9 Å². The first kappa shape index (κ1) is 13.5. The highest BCUT2D eigenvalue weighted by Crippen LogP contribution is 2.34. The van der Waals surface area contributed by atoms with Crippen LogP contribution in [0.2, 0.25) is 0 Å². The first-order chi connectivity index (χ1) is 11.2. The average molecular weight is 308 g/mol. The first-order valence-corrected chi connectivity index (χ1v) is 7.14. The van der Waals surface area contributed by atoms with Gasteiger partial charge in [0, 0.05) is 5.56 Å². The maximum absolute atomic E-state index is 13.2. The van der Waals surface area contributed by atoms with E-state index >= 15 is 0 Å². The maximum atomic E-state index is 13.2. The minimum Gasteiger partial charge on any atom is -0.507 e. The van der Waals surface area contributed by atoms with E-state index < -0.39 is 0 Å². The summed E-state index contributed by atoms with van der Waals surface area (Å²) < 4.78 is 14.9. The molecular formula is C17H13FN4O. The molecule has 5 nitrogen and oxygen atoms in total. The number of nitrogens with zero attached hydrogens (tertiary/aromatic N) is 3. The molecule has 0 aliphatic carbocycles. The Bertz CT molecular complexity index is 886. The predicted octanol–water partition coefficient (Wildman–Crippen LogP) is 3.18. The number of phenolic OH excluding ortho intramolecular Hbond substituents is 1. The fraction of sp³-hybridized carbons (Fsp3) is 0.0588. The van der Waals surface area contributed by atoms with E-state index in [1.165, 1.54) is 18.5 Å². The standard InChI is InChI=1S/C17H13FN4O/c18-12-7-5-11(6-8-12)15-9-14(13-3-1-2-4-16(13)23)21-17-19-10-20-22(15)17/h1-10,15,23H,(H,19,20,21)/t15-/m0/s1. The molecule has 114 valence electrons. The van der Waals surface area contributed by atoms with Gasteiger partial charge in [-0.25, -0.2) is 9.07 Å². The molecule has 1 aliphatic heterocycles. The Morgan fingerprint density at radius 2 is 1.87 bits per heavy atom. The van der Waals surface area contributed by atoms with Gasteiger partial charge in [-0.15, -0.1) is 0 Å². The molecule has 6 heteroatoms. The molecule has 1 aliphatic rings. The van der Waals surface area contributed by atoms with E-state index in [1.807, 2.05) is 18.2 Å². The van der Waals surface area contributed by atoms with Crippen molar-refractivity contribution in [2.75, 3.05) is 5.32 Å². The normalized spacial score (nSPS) is 16.4. The zero-order valence-electron chi connectivity index (χ0n) is 12.0. The lowest BCUT2D eigenvalue weighted by Crippen LogP contribution is -2.20. The summed E-state index contributed by atoms with van der Waals surface area (Å²) in [6.07, 6.45) is 3.39. The van der Waals surface area contributed by atoms with Crippen LogP contribution < -0.4 is 5.32 Å². The molecule has 0 unspecified atom stereocenters. The minimum atomic E-state index is -0.286. The zero-order valence-corrected chi connectivity index (χ0v) is 12.0. The number of halogens is 1. The molecule has 0 radical (unpaired) electrons. The molecule has 2 aromatic carbocycles. The summed E-state index contributed by atoms with van der Waals surface area (Å²) in [5, 5.41) is 17.5. The second-order valence-electron chi connectivity index (χ2n) is 5.25. The van der Waals surface area contributed by atoms with Gasteiger partial charge < -0.3 is 10.4 Å². The fourth-order valence-electron chi connectivity index (χ4n) is 2.69. The largest absolute Gasteiger partial charge is 0.507 e. The van der Waals surface area contributed by atoms with Crippen molar-refractivity contribution >= 4 is 11.6 Å². The van der Waals surface area contributed by atoms with Gasteiger partial charge in [-0.1, -0.05) is 24.3 Å². The van der Waals surface area contributed by atoms with Crippen molar-refractivity contribution in [1.82, 2.24) is 14.8 Å². The number of anilines is 1. The molecule has 23 heavy (non-hydrogen) atoms. The molecule has 0 amide bonds. The van der Waals surface area contributed by atoms with E-state index in [9.17, 15) is 9.50 Å². The molecule has 1 aromatic heterocycles. The van der Waals surface area contributed by atoms with E-state index in [2.05, 4.69) is 15.4 Å². The van der Waals surface area contributed by atoms with Crippen molar-refractivity contribution in [2.24, 2.45) is 0 Å². The Morgan fingerprint density at radius 1 is 1.09 bits per heavy atom. The first-order valence-electron chi connectivity index (χ1n) is 7.14. The van der Waals surface area contributed by atoms with Gasteiger partial charge in [-0.05, 0) is 35.9 Å². The Hall–Kier alpha value is -3.15. The van der Waals surface area contributed by atoms with Gasteiger partial charge in [0.2, 0.25) is 5.95 Å². The Kier molecular flexibility index (Phi) is 3.08. The van der Waals surface area contributed by atoms with E-state index in [0.29, 0.717) is 11.5 Å². The number of benzene rings is 2. The lowest BCUT2D eigenvalue weighted by Gasteiger charge is -2.24. The number of fused-ring (bicyclic) bond motifs is 1. The van der Waals surface area contributed by atoms with Gasteiger partial charge in [0.25, 0.3) is 0 Å². The van der Waals surface area contributed by atoms with Crippen molar-refractivity contribution in [2.45, 2.75) is 6.04 Å². The topological polar surface area (TPSA) is 63.0 Å². The summed E-state index contributed by atoms with van der Waals surface area (Å²) in [5.74, 6) is 0.462. The van der Waals surface area contributed by atoms with Gasteiger partial charge in [-0.3, -0.25) is 0 Å². The number of para-hydroxylation sites is 1. The van der Waals surface area contributed by atoms with Crippen molar-refractivity contribution in [3.63, 3.8) is 0 Å². The zero-order chi connectivity index (χ0) is 15.8. The summed E-state index contributed by atoms with van der Waals surface area (Å²) in [7, 11) is 0. The van der Waals surface area contributed by atoms with E-state index in [4.69, 9.17) is 0 Å². The molecule has 0 spiro atoms. The number of aromatic hydroxyl groups is 1. The maximum Gasteiger partial charge on any atom is 0.226 e. The van der Waals surface area contributed by atoms with E-state index in [0.717, 1.165) is 11.3 Å². The third kappa shape index (κ3) is 2.34. The third-order valence-electron chi connectivity index (χ3n) is 3.81. The lowest BCUT2D eigenvalue weighted by atomic mass is 10.0. The van der Waals surface area contributed by atoms with E-state index in [-0.39, 0.29) is 17.6 Å². The molecule has 0 saturated carbocycles. The predicted molar refractivity (Wildman–Crippen MR) is 84.3 cm³/mol. The van der Waals surface area contributed by atoms with Gasteiger partial charge in [-0.2, -0.15) is 10.1 Å². The van der Waals surface area contributed by atoms with Crippen LogP contribution in [0.15, 0.2) is 60.9 Å². The quantitative estimate of drug-likeness (QED) is 0.763. The summed E-state index contributed by atoms with van der Waals surface area (Å²) >= 11 is 0. The van der Waals surface area contributed by atoms with Crippen molar-refractivity contribution in [1.29, 1.82) is 0 Å². The Morgan fingerprint density at radius 3 is 2.65 bits per heavy atom. The molecular weight excluding hydrogens is 295 g/mol. The summed E-state index contributed by atoms with van der Waals surface area (Å²) in [4.78, 5) is 4.20. The molecule has 0 bridgehead atoms. The molecule has 0 saturated heterocycles. The van der Waals surface area contributed by atoms with Crippen molar-refractivity contribution in [3.8, 4) is 5.75 Å². The lowest BCUT2D eigenvalue weighted by molar-refractivity contribution is 0.473. The van der Waals surface area contributed by atoms with Gasteiger partial charge >= 0.3 is 0 Å². The highest BCUT2D eigenvalue weighted by molar-refractivity contribution is 5.79. The SMILES string of the molecule is Oc1ccccc1C1=C[C@@H](c2ccc(F)cc2)n2ncnc2N1. The molecule has 4 rings (SSSR count). The van der Waals surface area contributed by atoms with Crippen LogP contribution in [0.1, 0.15) is 17.2 Å². The van der Waals surface area contributed by atoms with Crippen molar-refractivity contribution in [3.05, 3.63) is 77.9 Å². The monoisotopic (exact) mass is 308 g/mol.